The number of carbonyl (C=O) groups excluding carboxylic acids is 1. The fourth-order valence-corrected chi connectivity index (χ4v) is 4.20. The molecule has 136 valence electrons. The second kappa shape index (κ2) is 7.06. The number of fused-ring (bicyclic) bond motifs is 1. The van der Waals surface area contributed by atoms with Gasteiger partial charge >= 0.3 is 0 Å². The molecule has 0 radical (unpaired) electrons. The first kappa shape index (κ1) is 17.0. The van der Waals surface area contributed by atoms with Crippen LogP contribution < -0.4 is 5.32 Å². The lowest BCUT2D eigenvalue weighted by Crippen LogP contribution is -2.38. The van der Waals surface area contributed by atoms with Crippen LogP contribution in [0.5, 0.6) is 0 Å². The highest BCUT2D eigenvalue weighted by Gasteiger charge is 2.37. The van der Waals surface area contributed by atoms with Crippen molar-refractivity contribution in [2.75, 3.05) is 11.9 Å². The van der Waals surface area contributed by atoms with Crippen LogP contribution in [0.25, 0.3) is 0 Å². The Morgan fingerprint density at radius 2 is 1.92 bits per heavy atom. The normalized spacial score (nSPS) is 19.8. The van der Waals surface area contributed by atoms with Crippen LogP contribution >= 0.6 is 0 Å². The summed E-state index contributed by atoms with van der Waals surface area (Å²) in [4.78, 5) is 23.6. The van der Waals surface area contributed by atoms with Gasteiger partial charge in [0.15, 0.2) is 0 Å². The molecule has 1 saturated heterocycles. The molecule has 4 rings (SSSR count). The molecule has 26 heavy (non-hydrogen) atoms. The molecular formula is C21H26N4O. The number of amides is 1. The maximum absolute atomic E-state index is 12.6. The minimum Gasteiger partial charge on any atom is -0.365 e. The van der Waals surface area contributed by atoms with Crippen LogP contribution in [-0.2, 0) is 24.1 Å². The van der Waals surface area contributed by atoms with Crippen LogP contribution in [0.1, 0.15) is 42.3 Å². The minimum atomic E-state index is 0.121. The molecule has 1 N–H and O–H groups in total. The molecule has 2 aliphatic rings. The maximum Gasteiger partial charge on any atom is 0.225 e. The lowest BCUT2D eigenvalue weighted by atomic mass is 10.1. The van der Waals surface area contributed by atoms with Crippen molar-refractivity contribution in [2.45, 2.75) is 58.0 Å². The lowest BCUT2D eigenvalue weighted by molar-refractivity contribution is -0.129. The van der Waals surface area contributed by atoms with Gasteiger partial charge in [-0.15, -0.1) is 0 Å². The summed E-state index contributed by atoms with van der Waals surface area (Å²) in [7, 11) is 0. The van der Waals surface area contributed by atoms with Crippen molar-refractivity contribution in [3.8, 4) is 0 Å². The van der Waals surface area contributed by atoms with Crippen molar-refractivity contribution in [1.82, 2.24) is 14.9 Å². The van der Waals surface area contributed by atoms with Crippen molar-refractivity contribution >= 4 is 11.7 Å². The fraction of sp³-hybridized carbons (Fsp3) is 0.476. The van der Waals surface area contributed by atoms with Gasteiger partial charge in [-0.2, -0.15) is 0 Å². The maximum atomic E-state index is 12.6. The average molecular weight is 350 g/mol. The van der Waals surface area contributed by atoms with Gasteiger partial charge in [0.25, 0.3) is 0 Å². The SMILES string of the molecule is CCCc1cnc(C)nc1NC1CC(=O)N(C2Cc3ccccc3C2)C1. The van der Waals surface area contributed by atoms with Gasteiger partial charge in [0.2, 0.25) is 5.91 Å². The molecule has 5 nitrogen and oxygen atoms in total. The van der Waals surface area contributed by atoms with Crippen molar-refractivity contribution in [3.63, 3.8) is 0 Å². The van der Waals surface area contributed by atoms with E-state index in [0.717, 1.165) is 49.4 Å². The molecule has 2 heterocycles. The van der Waals surface area contributed by atoms with Gasteiger partial charge in [-0.1, -0.05) is 37.6 Å². The van der Waals surface area contributed by atoms with E-state index in [4.69, 9.17) is 0 Å². The molecule has 1 aliphatic carbocycles. The second-order valence-electron chi connectivity index (χ2n) is 7.46. The Morgan fingerprint density at radius 3 is 2.62 bits per heavy atom. The lowest BCUT2D eigenvalue weighted by Gasteiger charge is -2.24. The molecule has 0 bridgehead atoms. The summed E-state index contributed by atoms with van der Waals surface area (Å²) in [6, 6.07) is 8.97. The van der Waals surface area contributed by atoms with Gasteiger partial charge in [0, 0.05) is 30.8 Å². The molecule has 1 amide bonds. The Morgan fingerprint density at radius 1 is 1.19 bits per heavy atom. The van der Waals surface area contributed by atoms with Crippen molar-refractivity contribution in [2.24, 2.45) is 0 Å². The Balaban J connectivity index is 1.45. The monoisotopic (exact) mass is 350 g/mol. The van der Waals surface area contributed by atoms with Gasteiger partial charge in [-0.25, -0.2) is 9.97 Å². The van der Waals surface area contributed by atoms with E-state index in [2.05, 4.69) is 51.4 Å². The first-order chi connectivity index (χ1) is 12.6. The van der Waals surface area contributed by atoms with Crippen LogP contribution in [0.2, 0.25) is 0 Å². The first-order valence-electron chi connectivity index (χ1n) is 9.59. The number of likely N-dealkylation sites (tertiary alicyclic amines) is 1. The zero-order valence-electron chi connectivity index (χ0n) is 15.5. The molecule has 1 aromatic carbocycles. The van der Waals surface area contributed by atoms with E-state index in [-0.39, 0.29) is 11.9 Å². The fourth-order valence-electron chi connectivity index (χ4n) is 4.20. The van der Waals surface area contributed by atoms with Gasteiger partial charge in [-0.3, -0.25) is 4.79 Å². The van der Waals surface area contributed by atoms with Crippen molar-refractivity contribution < 1.29 is 4.79 Å². The van der Waals surface area contributed by atoms with E-state index in [1.165, 1.54) is 11.1 Å². The smallest absolute Gasteiger partial charge is 0.225 e. The zero-order chi connectivity index (χ0) is 18.1. The van der Waals surface area contributed by atoms with E-state index < -0.39 is 0 Å². The average Bonchev–Trinajstić information content (AvgIpc) is 3.20. The Kier molecular flexibility index (Phi) is 4.62. The molecule has 1 aliphatic heterocycles. The number of hydrogen-bond donors (Lipinski definition) is 1. The van der Waals surface area contributed by atoms with E-state index in [0.29, 0.717) is 12.5 Å². The summed E-state index contributed by atoms with van der Waals surface area (Å²) in [6.07, 6.45) is 6.41. The number of aromatic nitrogens is 2. The zero-order valence-corrected chi connectivity index (χ0v) is 15.5. The van der Waals surface area contributed by atoms with E-state index in [9.17, 15) is 4.79 Å². The highest BCUT2D eigenvalue weighted by atomic mass is 16.2. The molecule has 1 unspecified atom stereocenters. The Hall–Kier alpha value is -2.43. The largest absolute Gasteiger partial charge is 0.365 e. The molecule has 2 aromatic rings. The summed E-state index contributed by atoms with van der Waals surface area (Å²) in [6.45, 7) is 4.82. The number of hydrogen-bond acceptors (Lipinski definition) is 4. The first-order valence-corrected chi connectivity index (χ1v) is 9.59. The van der Waals surface area contributed by atoms with Crippen LogP contribution in [0.3, 0.4) is 0 Å². The van der Waals surface area contributed by atoms with Gasteiger partial charge in [-0.05, 0) is 37.3 Å². The van der Waals surface area contributed by atoms with E-state index >= 15 is 0 Å². The van der Waals surface area contributed by atoms with Crippen molar-refractivity contribution in [1.29, 1.82) is 0 Å². The number of aryl methyl sites for hydroxylation is 2. The number of nitrogens with zero attached hydrogens (tertiary/aromatic N) is 3. The predicted molar refractivity (Wildman–Crippen MR) is 102 cm³/mol. The van der Waals surface area contributed by atoms with Crippen LogP contribution in [0, 0.1) is 6.92 Å². The number of nitrogens with one attached hydrogen (secondary N) is 1. The second-order valence-corrected chi connectivity index (χ2v) is 7.46. The number of carbonyl (C=O) groups is 1. The summed E-state index contributed by atoms with van der Waals surface area (Å²) < 4.78 is 0. The third kappa shape index (κ3) is 3.30. The Bertz CT molecular complexity index is 794. The quantitative estimate of drug-likeness (QED) is 0.901. The standard InChI is InChI=1S/C21H26N4O/c1-3-6-17-12-22-14(2)23-21(17)24-18-11-20(26)25(13-18)19-9-15-7-4-5-8-16(15)10-19/h4-5,7-8,12,18-19H,3,6,9-11,13H2,1-2H3,(H,22,23,24). The summed E-state index contributed by atoms with van der Waals surface area (Å²) in [5, 5.41) is 3.53. The third-order valence-corrected chi connectivity index (χ3v) is 5.47. The van der Waals surface area contributed by atoms with Gasteiger partial charge < -0.3 is 10.2 Å². The summed E-state index contributed by atoms with van der Waals surface area (Å²) in [5.41, 5.74) is 3.91. The molecule has 0 saturated carbocycles. The number of benzene rings is 1. The number of rotatable bonds is 5. The van der Waals surface area contributed by atoms with Gasteiger partial charge in [0.1, 0.15) is 11.6 Å². The molecule has 1 atom stereocenters. The highest BCUT2D eigenvalue weighted by Crippen LogP contribution is 2.29. The van der Waals surface area contributed by atoms with Crippen LogP contribution in [0.4, 0.5) is 5.82 Å². The third-order valence-electron chi connectivity index (χ3n) is 5.47. The van der Waals surface area contributed by atoms with Crippen LogP contribution in [0.15, 0.2) is 30.5 Å². The predicted octanol–water partition coefficient (Wildman–Crippen LogP) is 2.92. The highest BCUT2D eigenvalue weighted by molar-refractivity contribution is 5.80. The molecular weight excluding hydrogens is 324 g/mol. The van der Waals surface area contributed by atoms with E-state index in [1.54, 1.807) is 0 Å². The molecule has 0 spiro atoms. The summed E-state index contributed by atoms with van der Waals surface area (Å²) >= 11 is 0. The summed E-state index contributed by atoms with van der Waals surface area (Å²) in [5.74, 6) is 1.91. The minimum absolute atomic E-state index is 0.121. The van der Waals surface area contributed by atoms with E-state index in [1.807, 2.05) is 13.1 Å². The molecule has 1 aromatic heterocycles. The molecule has 1 fully saturated rings. The van der Waals surface area contributed by atoms with Gasteiger partial charge in [0.05, 0.1) is 6.04 Å². The Labute approximate surface area is 154 Å². The topological polar surface area (TPSA) is 58.1 Å². The van der Waals surface area contributed by atoms with Crippen molar-refractivity contribution in [3.05, 3.63) is 53.0 Å². The van der Waals surface area contributed by atoms with Crippen LogP contribution in [-0.4, -0.2) is 39.4 Å². The number of anilines is 1. The molecule has 5 heteroatoms.